The molecule has 5 amide bonds. The molecule has 0 unspecified atom stereocenters. The number of nitrogens with zero attached hydrogens (tertiary/aromatic N) is 2. The van der Waals surface area contributed by atoms with E-state index >= 15 is 0 Å². The number of hydrogen-bond donors (Lipinski definition) is 0. The van der Waals surface area contributed by atoms with Gasteiger partial charge in [0.25, 0.3) is 5.24 Å². The van der Waals surface area contributed by atoms with Crippen LogP contribution in [0.3, 0.4) is 0 Å². The zero-order chi connectivity index (χ0) is 11.6. The van der Waals surface area contributed by atoms with Gasteiger partial charge in [0, 0.05) is 6.54 Å². The summed E-state index contributed by atoms with van der Waals surface area (Å²) in [7, 11) is 0. The van der Waals surface area contributed by atoms with Crippen LogP contribution in [-0.4, -0.2) is 45.2 Å². The van der Waals surface area contributed by atoms with Gasteiger partial charge in [-0.25, -0.2) is 4.79 Å². The Morgan fingerprint density at radius 2 is 1.80 bits per heavy atom. The highest BCUT2D eigenvalue weighted by molar-refractivity contribution is 8.13. The second kappa shape index (κ2) is 4.43. The van der Waals surface area contributed by atoms with E-state index in [0.717, 1.165) is 16.7 Å². The monoisotopic (exact) mass is 230 g/mol. The van der Waals surface area contributed by atoms with Crippen LogP contribution in [0.15, 0.2) is 0 Å². The molecule has 0 saturated carbocycles. The van der Waals surface area contributed by atoms with Gasteiger partial charge in [-0.1, -0.05) is 18.7 Å². The van der Waals surface area contributed by atoms with Crippen molar-refractivity contribution in [3.8, 4) is 0 Å². The highest BCUT2D eigenvalue weighted by Crippen LogP contribution is 2.17. The van der Waals surface area contributed by atoms with E-state index in [4.69, 9.17) is 0 Å². The first-order valence-electron chi connectivity index (χ1n) is 4.41. The summed E-state index contributed by atoms with van der Waals surface area (Å²) in [6, 6.07) is -0.849. The molecular formula is C8H10N2O4S. The molecule has 0 bridgehead atoms. The minimum atomic E-state index is -1.06. The summed E-state index contributed by atoms with van der Waals surface area (Å²) in [5, 5.41) is -0.697. The molecule has 6 nitrogen and oxygen atoms in total. The van der Waals surface area contributed by atoms with Crippen LogP contribution in [0.25, 0.3) is 0 Å². The lowest BCUT2D eigenvalue weighted by Gasteiger charge is -2.10. The number of urea groups is 1. The number of rotatable bonds is 2. The maximum absolute atomic E-state index is 11.4. The van der Waals surface area contributed by atoms with Crippen LogP contribution in [0.4, 0.5) is 9.59 Å². The van der Waals surface area contributed by atoms with E-state index < -0.39 is 23.1 Å². The lowest BCUT2D eigenvalue weighted by atomic mass is 10.5. The lowest BCUT2D eigenvalue weighted by molar-refractivity contribution is -0.142. The first kappa shape index (κ1) is 11.7. The van der Waals surface area contributed by atoms with Gasteiger partial charge in [-0.05, 0) is 12.7 Å². The summed E-state index contributed by atoms with van der Waals surface area (Å²) in [6.45, 7) is 3.36. The summed E-state index contributed by atoms with van der Waals surface area (Å²) in [4.78, 5) is 46.4. The van der Waals surface area contributed by atoms with Crippen LogP contribution in [0.2, 0.25) is 0 Å². The fourth-order valence-corrected chi connectivity index (χ4v) is 1.67. The summed E-state index contributed by atoms with van der Waals surface area (Å²) in [5.41, 5.74) is 0. The molecule has 82 valence electrons. The van der Waals surface area contributed by atoms with Crippen LogP contribution in [0, 0.1) is 0 Å². The molecule has 0 radical (unpaired) electrons. The number of hydrogen-bond acceptors (Lipinski definition) is 5. The van der Waals surface area contributed by atoms with Crippen LogP contribution >= 0.6 is 11.8 Å². The molecule has 0 atom stereocenters. The van der Waals surface area contributed by atoms with Crippen molar-refractivity contribution in [2.45, 2.75) is 13.8 Å². The third-order valence-electron chi connectivity index (χ3n) is 1.82. The van der Waals surface area contributed by atoms with E-state index in [2.05, 4.69) is 0 Å². The van der Waals surface area contributed by atoms with E-state index in [9.17, 15) is 19.2 Å². The van der Waals surface area contributed by atoms with Gasteiger partial charge in [0.2, 0.25) is 0 Å². The molecule has 1 aliphatic heterocycles. The van der Waals surface area contributed by atoms with Gasteiger partial charge in [-0.3, -0.25) is 19.3 Å². The van der Waals surface area contributed by atoms with Crippen LogP contribution < -0.4 is 0 Å². The molecule has 1 saturated heterocycles. The lowest BCUT2D eigenvalue weighted by Crippen LogP contribution is -2.35. The van der Waals surface area contributed by atoms with Gasteiger partial charge in [0.05, 0.1) is 0 Å². The van der Waals surface area contributed by atoms with E-state index in [0.29, 0.717) is 10.7 Å². The van der Waals surface area contributed by atoms with Crippen molar-refractivity contribution in [2.75, 3.05) is 12.3 Å². The molecule has 1 rings (SSSR count). The van der Waals surface area contributed by atoms with Gasteiger partial charge >= 0.3 is 17.8 Å². The number of carbonyl (C=O) groups is 4. The minimum Gasteiger partial charge on any atom is -0.263 e. The van der Waals surface area contributed by atoms with E-state index in [-0.39, 0.29) is 6.54 Å². The molecule has 0 N–H and O–H groups in total. The topological polar surface area (TPSA) is 74.8 Å². The Morgan fingerprint density at radius 3 is 2.20 bits per heavy atom. The molecule has 1 fully saturated rings. The summed E-state index contributed by atoms with van der Waals surface area (Å²) in [5.74, 6) is -1.56. The Bertz CT molecular complexity index is 342. The zero-order valence-electron chi connectivity index (χ0n) is 8.35. The Hall–Kier alpha value is -1.37. The number of imide groups is 4. The molecule has 15 heavy (non-hydrogen) atoms. The predicted molar refractivity (Wildman–Crippen MR) is 53.2 cm³/mol. The number of amides is 5. The zero-order valence-corrected chi connectivity index (χ0v) is 9.17. The summed E-state index contributed by atoms with van der Waals surface area (Å²) < 4.78 is 0. The SMILES string of the molecule is CCSC(=O)N1C(=O)C(=O)N(CC)C1=O. The standard InChI is InChI=1S/C8H10N2O4S/c1-3-9-5(11)6(12)10(7(9)13)8(14)15-4-2/h3-4H2,1-2H3. The Kier molecular flexibility index (Phi) is 3.46. The molecule has 0 aliphatic carbocycles. The van der Waals surface area contributed by atoms with Gasteiger partial charge in [0.1, 0.15) is 0 Å². The van der Waals surface area contributed by atoms with Gasteiger partial charge in [-0.2, -0.15) is 4.90 Å². The Morgan fingerprint density at radius 1 is 1.20 bits per heavy atom. The largest absolute Gasteiger partial charge is 0.341 e. The normalized spacial score (nSPS) is 16.5. The second-order valence-electron chi connectivity index (χ2n) is 2.67. The smallest absolute Gasteiger partial charge is 0.263 e. The highest BCUT2D eigenvalue weighted by atomic mass is 32.2. The molecule has 0 aromatic rings. The van der Waals surface area contributed by atoms with Crippen molar-refractivity contribution in [3.05, 3.63) is 0 Å². The van der Waals surface area contributed by atoms with Crippen molar-refractivity contribution in [1.82, 2.24) is 9.80 Å². The molecular weight excluding hydrogens is 220 g/mol. The highest BCUT2D eigenvalue weighted by Gasteiger charge is 2.47. The fourth-order valence-electron chi connectivity index (χ4n) is 1.13. The average Bonchev–Trinajstić information content (AvgIpc) is 2.39. The first-order valence-corrected chi connectivity index (χ1v) is 5.39. The van der Waals surface area contributed by atoms with Crippen molar-refractivity contribution >= 4 is 34.8 Å². The quantitative estimate of drug-likeness (QED) is 0.515. The molecule has 1 heterocycles. The van der Waals surface area contributed by atoms with E-state index in [1.165, 1.54) is 0 Å². The first-order chi connectivity index (χ1) is 7.04. The van der Waals surface area contributed by atoms with Crippen molar-refractivity contribution in [1.29, 1.82) is 0 Å². The average molecular weight is 230 g/mol. The maximum Gasteiger partial charge on any atom is 0.341 e. The number of thioether (sulfide) groups is 1. The Balaban J connectivity index is 2.92. The Labute approximate surface area is 90.6 Å². The molecule has 1 aliphatic rings. The minimum absolute atomic E-state index is 0.0873. The van der Waals surface area contributed by atoms with E-state index in [1.54, 1.807) is 13.8 Å². The molecule has 0 aromatic heterocycles. The molecule has 0 aromatic carbocycles. The molecule has 0 spiro atoms. The predicted octanol–water partition coefficient (Wildman–Crippen LogP) is 0.670. The third kappa shape index (κ3) is 1.87. The van der Waals surface area contributed by atoms with Crippen LogP contribution in [0.5, 0.6) is 0 Å². The number of carbonyl (C=O) groups excluding carboxylic acids is 4. The van der Waals surface area contributed by atoms with E-state index in [1.807, 2.05) is 0 Å². The summed E-state index contributed by atoms with van der Waals surface area (Å²) >= 11 is 0.817. The molecule has 7 heteroatoms. The van der Waals surface area contributed by atoms with Crippen molar-refractivity contribution in [3.63, 3.8) is 0 Å². The van der Waals surface area contributed by atoms with Crippen LogP contribution in [-0.2, 0) is 9.59 Å². The third-order valence-corrected chi connectivity index (χ3v) is 2.54. The summed E-state index contributed by atoms with van der Waals surface area (Å²) in [6.07, 6.45) is 0. The van der Waals surface area contributed by atoms with Gasteiger partial charge in [-0.15, -0.1) is 0 Å². The fraction of sp³-hybridized carbons (Fsp3) is 0.500. The van der Waals surface area contributed by atoms with Crippen molar-refractivity contribution in [2.24, 2.45) is 0 Å². The number of likely N-dealkylation sites (N-methyl/N-ethyl adjacent to an activating group) is 1. The van der Waals surface area contributed by atoms with Gasteiger partial charge < -0.3 is 0 Å². The van der Waals surface area contributed by atoms with Crippen molar-refractivity contribution < 1.29 is 19.2 Å². The van der Waals surface area contributed by atoms with Crippen LogP contribution in [0.1, 0.15) is 13.8 Å². The maximum atomic E-state index is 11.4. The van der Waals surface area contributed by atoms with Gasteiger partial charge in [0.15, 0.2) is 0 Å². The second-order valence-corrected chi connectivity index (χ2v) is 3.89.